The molecule has 114 valence electrons. The zero-order valence-corrected chi connectivity index (χ0v) is 13.1. The molecule has 0 saturated carbocycles. The lowest BCUT2D eigenvalue weighted by Crippen LogP contribution is -2.41. The number of nitrogens with zero attached hydrogens (tertiary/aromatic N) is 1. The Hall–Kier alpha value is -0.930. The van der Waals surface area contributed by atoms with Crippen LogP contribution in [0.15, 0.2) is 17.2 Å². The molecule has 1 aromatic rings. The molecule has 0 aliphatic heterocycles. The standard InChI is InChI=1S/C11H19ClN4O3S/c1-7(2)10(6-19-3)16-20(17,18)8-4-9(12)11(15-13)14-5-8/h4-5,7,10,16H,6,13H2,1-3H3,(H,14,15). The third-order valence-electron chi connectivity index (χ3n) is 2.72. The first-order valence-corrected chi connectivity index (χ1v) is 7.81. The Morgan fingerprint density at radius 1 is 1.50 bits per heavy atom. The van der Waals surface area contributed by atoms with Crippen molar-refractivity contribution < 1.29 is 13.2 Å². The molecule has 0 aromatic carbocycles. The lowest BCUT2D eigenvalue weighted by molar-refractivity contribution is 0.157. The fraction of sp³-hybridized carbons (Fsp3) is 0.545. The van der Waals surface area contributed by atoms with Crippen molar-refractivity contribution in [2.45, 2.75) is 24.8 Å². The Bertz CT molecular complexity index is 551. The molecule has 9 heteroatoms. The van der Waals surface area contributed by atoms with E-state index in [1.807, 2.05) is 13.8 Å². The number of aromatic nitrogens is 1. The van der Waals surface area contributed by atoms with Gasteiger partial charge in [-0.05, 0) is 12.0 Å². The minimum Gasteiger partial charge on any atom is -0.383 e. The molecule has 20 heavy (non-hydrogen) atoms. The normalized spacial score (nSPS) is 13.5. The van der Waals surface area contributed by atoms with Crippen LogP contribution >= 0.6 is 11.6 Å². The molecule has 1 atom stereocenters. The average Bonchev–Trinajstić information content (AvgIpc) is 2.37. The zero-order chi connectivity index (χ0) is 15.3. The predicted octanol–water partition coefficient (Wildman–Crippen LogP) is 0.970. The molecule has 0 bridgehead atoms. The van der Waals surface area contributed by atoms with Crippen LogP contribution in [0.2, 0.25) is 5.02 Å². The number of pyridine rings is 1. The van der Waals surface area contributed by atoms with Crippen LogP contribution in [-0.4, -0.2) is 33.2 Å². The van der Waals surface area contributed by atoms with Crippen molar-refractivity contribution >= 4 is 27.4 Å². The molecule has 4 N–H and O–H groups in total. The van der Waals surface area contributed by atoms with Crippen molar-refractivity contribution in [3.8, 4) is 0 Å². The number of rotatable bonds is 7. The fourth-order valence-corrected chi connectivity index (χ4v) is 3.11. The summed E-state index contributed by atoms with van der Waals surface area (Å²) in [6.07, 6.45) is 1.19. The largest absolute Gasteiger partial charge is 0.383 e. The Kier molecular flexibility index (Phi) is 6.15. The SMILES string of the molecule is COCC(NS(=O)(=O)c1cnc(NN)c(Cl)c1)C(C)C. The second-order valence-electron chi connectivity index (χ2n) is 4.57. The number of sulfonamides is 1. The summed E-state index contributed by atoms with van der Waals surface area (Å²) >= 11 is 5.87. The number of anilines is 1. The highest BCUT2D eigenvalue weighted by molar-refractivity contribution is 7.89. The van der Waals surface area contributed by atoms with E-state index in [0.717, 1.165) is 0 Å². The second kappa shape index (κ2) is 7.19. The summed E-state index contributed by atoms with van der Waals surface area (Å²) in [5.41, 5.74) is 2.27. The molecule has 0 fully saturated rings. The summed E-state index contributed by atoms with van der Waals surface area (Å²) in [5, 5.41) is 0.128. The summed E-state index contributed by atoms with van der Waals surface area (Å²) in [6.45, 7) is 4.08. The predicted molar refractivity (Wildman–Crippen MR) is 77.9 cm³/mol. The van der Waals surface area contributed by atoms with Crippen LogP contribution in [0.25, 0.3) is 0 Å². The number of halogens is 1. The maximum atomic E-state index is 12.3. The summed E-state index contributed by atoms with van der Waals surface area (Å²) in [5.74, 6) is 5.48. The van der Waals surface area contributed by atoms with Crippen LogP contribution in [-0.2, 0) is 14.8 Å². The van der Waals surface area contributed by atoms with Gasteiger partial charge in [-0.15, -0.1) is 0 Å². The van der Waals surface area contributed by atoms with Gasteiger partial charge in [0.1, 0.15) is 4.90 Å². The van der Waals surface area contributed by atoms with Crippen molar-refractivity contribution in [2.24, 2.45) is 11.8 Å². The van der Waals surface area contributed by atoms with Crippen LogP contribution in [0.4, 0.5) is 5.82 Å². The van der Waals surface area contributed by atoms with Gasteiger partial charge in [-0.2, -0.15) is 0 Å². The van der Waals surface area contributed by atoms with E-state index >= 15 is 0 Å². The molecule has 1 rings (SSSR count). The zero-order valence-electron chi connectivity index (χ0n) is 11.6. The minimum atomic E-state index is -3.72. The van der Waals surface area contributed by atoms with Gasteiger partial charge in [0, 0.05) is 19.3 Å². The summed E-state index contributed by atoms with van der Waals surface area (Å²) in [7, 11) is -2.20. The van der Waals surface area contributed by atoms with E-state index in [1.165, 1.54) is 19.4 Å². The van der Waals surface area contributed by atoms with Crippen LogP contribution in [0.3, 0.4) is 0 Å². The molecule has 7 nitrogen and oxygen atoms in total. The van der Waals surface area contributed by atoms with Crippen LogP contribution < -0.4 is 16.0 Å². The van der Waals surface area contributed by atoms with Crippen LogP contribution in [0.5, 0.6) is 0 Å². The Labute approximate surface area is 123 Å². The third kappa shape index (κ3) is 4.29. The van der Waals surface area contributed by atoms with Crippen LogP contribution in [0.1, 0.15) is 13.8 Å². The lowest BCUT2D eigenvalue weighted by atomic mass is 10.1. The number of ether oxygens (including phenoxy) is 1. The molecule has 0 radical (unpaired) electrons. The van der Waals surface area contributed by atoms with Crippen molar-refractivity contribution in [1.82, 2.24) is 9.71 Å². The van der Waals surface area contributed by atoms with E-state index in [1.54, 1.807) is 0 Å². The van der Waals surface area contributed by atoms with Crippen molar-refractivity contribution in [3.63, 3.8) is 0 Å². The van der Waals surface area contributed by atoms with E-state index in [0.29, 0.717) is 0 Å². The van der Waals surface area contributed by atoms with Gasteiger partial charge in [0.15, 0.2) is 5.82 Å². The molecule has 0 spiro atoms. The molecule has 0 aliphatic carbocycles. The maximum absolute atomic E-state index is 12.3. The van der Waals surface area contributed by atoms with Gasteiger partial charge >= 0.3 is 0 Å². The number of hydrogen-bond donors (Lipinski definition) is 3. The van der Waals surface area contributed by atoms with Crippen molar-refractivity contribution in [1.29, 1.82) is 0 Å². The van der Waals surface area contributed by atoms with Gasteiger partial charge in [-0.25, -0.2) is 24.0 Å². The number of hydrazine groups is 1. The Morgan fingerprint density at radius 2 is 2.15 bits per heavy atom. The summed E-state index contributed by atoms with van der Waals surface area (Å²) in [4.78, 5) is 3.82. The summed E-state index contributed by atoms with van der Waals surface area (Å²) in [6, 6.07) is 0.951. The van der Waals surface area contributed by atoms with E-state index in [-0.39, 0.29) is 34.3 Å². The Balaban J connectivity index is 3.01. The minimum absolute atomic E-state index is 0.0248. The highest BCUT2D eigenvalue weighted by atomic mass is 35.5. The van der Waals surface area contributed by atoms with Gasteiger partial charge in [0.25, 0.3) is 0 Å². The van der Waals surface area contributed by atoms with Gasteiger partial charge in [-0.3, -0.25) is 0 Å². The molecule has 0 amide bonds. The molecular weight excluding hydrogens is 304 g/mol. The van der Waals surface area contributed by atoms with Gasteiger partial charge in [-0.1, -0.05) is 25.4 Å². The monoisotopic (exact) mass is 322 g/mol. The van der Waals surface area contributed by atoms with Gasteiger partial charge in [0.05, 0.1) is 11.6 Å². The van der Waals surface area contributed by atoms with E-state index in [4.69, 9.17) is 22.2 Å². The second-order valence-corrected chi connectivity index (χ2v) is 6.69. The summed E-state index contributed by atoms with van der Waals surface area (Å²) < 4.78 is 32.1. The molecule has 1 heterocycles. The first-order chi connectivity index (χ1) is 9.31. The first-order valence-electron chi connectivity index (χ1n) is 5.95. The first kappa shape index (κ1) is 17.1. The van der Waals surface area contributed by atoms with Crippen LogP contribution in [0, 0.1) is 5.92 Å². The van der Waals surface area contributed by atoms with E-state index in [2.05, 4.69) is 15.1 Å². The lowest BCUT2D eigenvalue weighted by Gasteiger charge is -2.21. The molecule has 0 saturated heterocycles. The van der Waals surface area contributed by atoms with E-state index < -0.39 is 10.0 Å². The highest BCUT2D eigenvalue weighted by Crippen LogP contribution is 2.22. The highest BCUT2D eigenvalue weighted by Gasteiger charge is 2.23. The number of nitrogens with two attached hydrogens (primary N) is 1. The topological polar surface area (TPSA) is 106 Å². The fourth-order valence-electron chi connectivity index (χ4n) is 1.48. The molecular formula is C11H19ClN4O3S. The molecule has 1 unspecified atom stereocenters. The maximum Gasteiger partial charge on any atom is 0.242 e. The number of nitrogen functional groups attached to an aromatic ring is 1. The van der Waals surface area contributed by atoms with E-state index in [9.17, 15) is 8.42 Å². The van der Waals surface area contributed by atoms with Crippen molar-refractivity contribution in [3.05, 3.63) is 17.3 Å². The molecule has 0 aliphatic rings. The number of hydrogen-bond acceptors (Lipinski definition) is 6. The van der Waals surface area contributed by atoms with Gasteiger partial charge in [0.2, 0.25) is 10.0 Å². The van der Waals surface area contributed by atoms with Crippen molar-refractivity contribution in [2.75, 3.05) is 19.1 Å². The third-order valence-corrected chi connectivity index (χ3v) is 4.47. The number of nitrogens with one attached hydrogen (secondary N) is 2. The Morgan fingerprint density at radius 3 is 2.60 bits per heavy atom. The molecule has 1 aromatic heterocycles. The average molecular weight is 323 g/mol. The smallest absolute Gasteiger partial charge is 0.242 e. The number of methoxy groups -OCH3 is 1. The quantitative estimate of drug-likeness (QED) is 0.510. The van der Waals surface area contributed by atoms with Gasteiger partial charge < -0.3 is 10.2 Å².